The highest BCUT2D eigenvalue weighted by atomic mass is 16.5. The number of fused-ring (bicyclic) bond motifs is 1. The van der Waals surface area contributed by atoms with Crippen molar-refractivity contribution in [3.05, 3.63) is 54.1 Å². The Hall–Kier alpha value is -2.79. The fourth-order valence-electron chi connectivity index (χ4n) is 2.88. The van der Waals surface area contributed by atoms with E-state index in [0.29, 0.717) is 12.2 Å². The molecule has 0 amide bonds. The van der Waals surface area contributed by atoms with E-state index in [1.54, 1.807) is 6.21 Å². The molecule has 0 saturated carbocycles. The van der Waals surface area contributed by atoms with Gasteiger partial charge in [0.25, 0.3) is 0 Å². The summed E-state index contributed by atoms with van der Waals surface area (Å²) in [5.41, 5.74) is 2.40. The maximum Gasteiger partial charge on any atom is 0.198 e. The average molecular weight is 351 g/mol. The van der Waals surface area contributed by atoms with Crippen molar-refractivity contribution in [1.29, 1.82) is 0 Å². The largest absolute Gasteiger partial charge is 0.494 e. The van der Waals surface area contributed by atoms with Crippen LogP contribution >= 0.6 is 0 Å². The first-order chi connectivity index (χ1) is 12.7. The van der Waals surface area contributed by atoms with Gasteiger partial charge in [-0.25, -0.2) is 0 Å². The summed E-state index contributed by atoms with van der Waals surface area (Å²) < 4.78 is 5.78. The summed E-state index contributed by atoms with van der Waals surface area (Å²) in [5.74, 6) is 0.970. The molecule has 0 radical (unpaired) electrons. The van der Waals surface area contributed by atoms with Crippen molar-refractivity contribution in [3.63, 3.8) is 0 Å². The van der Waals surface area contributed by atoms with Crippen LogP contribution in [-0.2, 0) is 0 Å². The number of nitrogens with zero attached hydrogens (tertiary/aromatic N) is 2. The van der Waals surface area contributed by atoms with Crippen molar-refractivity contribution in [3.8, 4) is 11.6 Å². The minimum absolute atomic E-state index is 0.131. The Kier molecular flexibility index (Phi) is 5.92. The molecule has 0 fully saturated rings. The standard InChI is InChI=1S/C21H25N3O2/c1-3-24(4-2)13-14-26-17-11-9-16(10-12-17)22-15-19-18-7-5-6-8-20(18)23-21(19)25/h5-12,15,23,25H,3-4,13-14H2,1-2H3. The van der Waals surface area contributed by atoms with E-state index in [-0.39, 0.29) is 5.88 Å². The molecule has 0 atom stereocenters. The van der Waals surface area contributed by atoms with Crippen LogP contribution in [0, 0.1) is 0 Å². The number of H-pyrrole nitrogens is 1. The lowest BCUT2D eigenvalue weighted by Crippen LogP contribution is -2.27. The molecule has 26 heavy (non-hydrogen) atoms. The molecule has 3 aromatic rings. The molecule has 1 heterocycles. The van der Waals surface area contributed by atoms with Gasteiger partial charge < -0.3 is 19.7 Å². The molecule has 5 nitrogen and oxygen atoms in total. The minimum atomic E-state index is 0.131. The third-order valence-electron chi connectivity index (χ3n) is 4.48. The van der Waals surface area contributed by atoms with E-state index in [2.05, 4.69) is 28.7 Å². The van der Waals surface area contributed by atoms with E-state index in [1.807, 2.05) is 48.5 Å². The van der Waals surface area contributed by atoms with Crippen LogP contribution in [0.15, 0.2) is 53.5 Å². The summed E-state index contributed by atoms with van der Waals surface area (Å²) >= 11 is 0. The minimum Gasteiger partial charge on any atom is -0.494 e. The Bertz CT molecular complexity index is 865. The second-order valence-corrected chi connectivity index (χ2v) is 6.06. The molecule has 0 unspecified atom stereocenters. The number of rotatable bonds is 8. The predicted molar refractivity (Wildman–Crippen MR) is 107 cm³/mol. The van der Waals surface area contributed by atoms with Crippen LogP contribution < -0.4 is 4.74 Å². The number of nitrogens with one attached hydrogen (secondary N) is 1. The van der Waals surface area contributed by atoms with Gasteiger partial charge in [0, 0.05) is 23.7 Å². The zero-order chi connectivity index (χ0) is 18.4. The zero-order valence-corrected chi connectivity index (χ0v) is 15.3. The van der Waals surface area contributed by atoms with E-state index in [0.717, 1.165) is 42.0 Å². The molecule has 5 heteroatoms. The topological polar surface area (TPSA) is 60.9 Å². The van der Waals surface area contributed by atoms with Gasteiger partial charge in [0.15, 0.2) is 5.88 Å². The van der Waals surface area contributed by atoms with Gasteiger partial charge in [0.1, 0.15) is 12.4 Å². The van der Waals surface area contributed by atoms with E-state index in [9.17, 15) is 5.11 Å². The molecule has 2 N–H and O–H groups in total. The molecule has 0 saturated heterocycles. The van der Waals surface area contributed by atoms with Gasteiger partial charge in [0.05, 0.1) is 11.3 Å². The number of benzene rings is 2. The molecule has 0 spiro atoms. The number of aromatic hydroxyl groups is 1. The van der Waals surface area contributed by atoms with Crippen LogP contribution in [0.3, 0.4) is 0 Å². The quantitative estimate of drug-likeness (QED) is 0.593. The Morgan fingerprint density at radius 1 is 1.08 bits per heavy atom. The van der Waals surface area contributed by atoms with Crippen LogP contribution in [-0.4, -0.2) is 47.4 Å². The molecular formula is C21H25N3O2. The number of para-hydroxylation sites is 1. The molecule has 2 aromatic carbocycles. The smallest absolute Gasteiger partial charge is 0.198 e. The lowest BCUT2D eigenvalue weighted by atomic mass is 10.2. The number of ether oxygens (including phenoxy) is 1. The van der Waals surface area contributed by atoms with E-state index in [4.69, 9.17) is 4.74 Å². The monoisotopic (exact) mass is 351 g/mol. The third kappa shape index (κ3) is 4.24. The molecule has 0 aliphatic carbocycles. The molecule has 0 bridgehead atoms. The van der Waals surface area contributed by atoms with E-state index < -0.39 is 0 Å². The maximum atomic E-state index is 10.1. The highest BCUT2D eigenvalue weighted by Crippen LogP contribution is 2.26. The first-order valence-electron chi connectivity index (χ1n) is 9.00. The van der Waals surface area contributed by atoms with Crippen molar-refractivity contribution < 1.29 is 9.84 Å². The summed E-state index contributed by atoms with van der Waals surface area (Å²) in [5, 5.41) is 11.0. The Morgan fingerprint density at radius 2 is 1.81 bits per heavy atom. The first-order valence-corrected chi connectivity index (χ1v) is 9.00. The van der Waals surface area contributed by atoms with Gasteiger partial charge in [-0.05, 0) is 43.4 Å². The summed E-state index contributed by atoms with van der Waals surface area (Å²) in [7, 11) is 0. The second-order valence-electron chi connectivity index (χ2n) is 6.06. The number of aliphatic imine (C=N–C) groups is 1. The number of aromatic amines is 1. The van der Waals surface area contributed by atoms with Crippen molar-refractivity contribution in [1.82, 2.24) is 9.88 Å². The lowest BCUT2D eigenvalue weighted by Gasteiger charge is -2.17. The summed E-state index contributed by atoms with van der Waals surface area (Å²) in [6, 6.07) is 15.4. The summed E-state index contributed by atoms with van der Waals surface area (Å²) in [6.07, 6.45) is 1.68. The molecule has 1 aromatic heterocycles. The van der Waals surface area contributed by atoms with Crippen LogP contribution in [0.5, 0.6) is 11.6 Å². The second kappa shape index (κ2) is 8.54. The lowest BCUT2D eigenvalue weighted by molar-refractivity contribution is 0.223. The van der Waals surface area contributed by atoms with Crippen LogP contribution in [0.4, 0.5) is 5.69 Å². The highest BCUT2D eigenvalue weighted by Gasteiger charge is 2.07. The van der Waals surface area contributed by atoms with Gasteiger partial charge in [-0.15, -0.1) is 0 Å². The zero-order valence-electron chi connectivity index (χ0n) is 15.3. The molecule has 0 aliphatic heterocycles. The number of likely N-dealkylation sites (N-methyl/N-ethyl adjacent to an activating group) is 1. The van der Waals surface area contributed by atoms with Crippen molar-refractivity contribution in [2.45, 2.75) is 13.8 Å². The molecular weight excluding hydrogens is 326 g/mol. The van der Waals surface area contributed by atoms with Crippen LogP contribution in [0.1, 0.15) is 19.4 Å². The Labute approximate surface area is 153 Å². The van der Waals surface area contributed by atoms with Gasteiger partial charge in [0.2, 0.25) is 0 Å². The Balaban J connectivity index is 1.63. The van der Waals surface area contributed by atoms with Gasteiger partial charge in [-0.3, -0.25) is 4.99 Å². The first kappa shape index (κ1) is 18.0. The van der Waals surface area contributed by atoms with Gasteiger partial charge in [-0.2, -0.15) is 0 Å². The molecule has 0 aliphatic rings. The Morgan fingerprint density at radius 3 is 2.54 bits per heavy atom. The number of hydrogen-bond acceptors (Lipinski definition) is 4. The summed E-state index contributed by atoms with van der Waals surface area (Å²) in [4.78, 5) is 9.75. The highest BCUT2D eigenvalue weighted by molar-refractivity contribution is 6.02. The predicted octanol–water partition coefficient (Wildman–Crippen LogP) is 4.34. The van der Waals surface area contributed by atoms with E-state index >= 15 is 0 Å². The normalized spacial score (nSPS) is 11.7. The van der Waals surface area contributed by atoms with Crippen molar-refractivity contribution in [2.24, 2.45) is 4.99 Å². The van der Waals surface area contributed by atoms with Crippen molar-refractivity contribution in [2.75, 3.05) is 26.2 Å². The van der Waals surface area contributed by atoms with E-state index in [1.165, 1.54) is 0 Å². The number of aromatic nitrogens is 1. The van der Waals surface area contributed by atoms with Gasteiger partial charge >= 0.3 is 0 Å². The number of hydrogen-bond donors (Lipinski definition) is 2. The SMILES string of the molecule is CCN(CC)CCOc1ccc(N=Cc2c(O)[nH]c3ccccc23)cc1. The van der Waals surface area contributed by atoms with Crippen LogP contribution in [0.25, 0.3) is 10.9 Å². The van der Waals surface area contributed by atoms with Crippen molar-refractivity contribution >= 4 is 22.8 Å². The third-order valence-corrected chi connectivity index (χ3v) is 4.48. The van der Waals surface area contributed by atoms with Crippen LogP contribution in [0.2, 0.25) is 0 Å². The summed E-state index contributed by atoms with van der Waals surface area (Å²) in [6.45, 7) is 7.98. The van der Waals surface area contributed by atoms with Gasteiger partial charge in [-0.1, -0.05) is 32.0 Å². The average Bonchev–Trinajstić information content (AvgIpc) is 2.99. The molecule has 136 valence electrons. The fourth-order valence-corrected chi connectivity index (χ4v) is 2.88. The molecule has 3 rings (SSSR count). The maximum absolute atomic E-state index is 10.1. The fraction of sp³-hybridized carbons (Fsp3) is 0.286.